The molecule has 1 amide bonds. The molecule has 0 unspecified atom stereocenters. The van der Waals surface area contributed by atoms with Gasteiger partial charge in [-0.1, -0.05) is 5.10 Å². The number of hydrogen-bond donors (Lipinski definition) is 1. The Hall–Kier alpha value is -3.72. The smallest absolute Gasteiger partial charge is 0.322 e. The molecule has 0 saturated carbocycles. The Balaban J connectivity index is 1.78. The van der Waals surface area contributed by atoms with Gasteiger partial charge < -0.3 is 28.1 Å². The average molecular weight is 593 g/mol. The van der Waals surface area contributed by atoms with Crippen molar-refractivity contribution in [1.29, 1.82) is 0 Å². The largest absolute Gasteiger partial charge is 0.490 e. The van der Waals surface area contributed by atoms with Gasteiger partial charge in [0, 0.05) is 38.4 Å². The van der Waals surface area contributed by atoms with Crippen LogP contribution in [0.25, 0.3) is 11.5 Å². The van der Waals surface area contributed by atoms with Crippen LogP contribution in [0.2, 0.25) is 0 Å². The number of ether oxygens (including phenoxy) is 5. The zero-order valence-corrected chi connectivity index (χ0v) is 24.7. The van der Waals surface area contributed by atoms with Gasteiger partial charge in [-0.2, -0.15) is 4.31 Å². The minimum atomic E-state index is -3.83. The Bertz CT molecular complexity index is 1340. The SMILES string of the molecule is CCOc1cc(-c2nnc(NC(=O)c3ccc(S(=O)(=O)N(CCOC)CCOC)cc3)o2)cc(OCC)c1OCC. The van der Waals surface area contributed by atoms with E-state index in [9.17, 15) is 13.2 Å². The number of aromatic nitrogens is 2. The summed E-state index contributed by atoms with van der Waals surface area (Å²) >= 11 is 0. The molecule has 224 valence electrons. The number of nitrogens with zero attached hydrogens (tertiary/aromatic N) is 3. The van der Waals surface area contributed by atoms with Crippen LogP contribution in [0.4, 0.5) is 6.01 Å². The minimum absolute atomic E-state index is 0.0343. The van der Waals surface area contributed by atoms with Crippen molar-refractivity contribution in [3.63, 3.8) is 0 Å². The Morgan fingerprint density at radius 3 is 1.95 bits per heavy atom. The first-order valence-corrected chi connectivity index (χ1v) is 14.5. The van der Waals surface area contributed by atoms with E-state index in [1.807, 2.05) is 20.8 Å². The molecule has 0 radical (unpaired) electrons. The van der Waals surface area contributed by atoms with Crippen LogP contribution in [0, 0.1) is 0 Å². The summed E-state index contributed by atoms with van der Waals surface area (Å²) < 4.78 is 60.4. The second kappa shape index (κ2) is 15.3. The third kappa shape index (κ3) is 8.16. The summed E-state index contributed by atoms with van der Waals surface area (Å²) in [5.41, 5.74) is 0.705. The standard InChI is InChI=1S/C27H36N4O9S/c1-6-37-22-17-20(18-23(38-7-2)24(22)39-8-3)26-29-30-27(40-26)28-25(32)19-9-11-21(12-10-19)41(33,34)31(13-15-35-4)14-16-36-5/h9-12,17-18H,6-8,13-16H2,1-5H3,(H,28,30,32). The number of anilines is 1. The second-order valence-electron chi connectivity index (χ2n) is 8.38. The lowest BCUT2D eigenvalue weighted by molar-refractivity contribution is 0.102. The first-order valence-electron chi connectivity index (χ1n) is 13.1. The molecule has 41 heavy (non-hydrogen) atoms. The third-order valence-corrected chi connectivity index (χ3v) is 7.56. The van der Waals surface area contributed by atoms with E-state index in [4.69, 9.17) is 28.1 Å². The van der Waals surface area contributed by atoms with E-state index in [0.717, 1.165) is 0 Å². The molecule has 3 rings (SSSR count). The fraction of sp³-hybridized carbons (Fsp3) is 0.444. The van der Waals surface area contributed by atoms with Gasteiger partial charge in [-0.05, 0) is 57.2 Å². The molecule has 1 N–H and O–H groups in total. The normalized spacial score (nSPS) is 11.5. The summed E-state index contributed by atoms with van der Waals surface area (Å²) in [7, 11) is -0.835. The number of amides is 1. The molecule has 14 heteroatoms. The molecule has 2 aromatic carbocycles. The summed E-state index contributed by atoms with van der Waals surface area (Å²) in [6, 6.07) is 8.77. The van der Waals surface area contributed by atoms with Crippen molar-refractivity contribution in [2.24, 2.45) is 0 Å². The van der Waals surface area contributed by atoms with Crippen molar-refractivity contribution in [1.82, 2.24) is 14.5 Å². The van der Waals surface area contributed by atoms with Crippen molar-refractivity contribution >= 4 is 21.9 Å². The first kappa shape index (κ1) is 31.8. The molecule has 13 nitrogen and oxygen atoms in total. The van der Waals surface area contributed by atoms with Crippen molar-refractivity contribution in [2.45, 2.75) is 25.7 Å². The molecule has 1 aromatic heterocycles. The number of methoxy groups -OCH3 is 2. The van der Waals surface area contributed by atoms with Gasteiger partial charge >= 0.3 is 6.01 Å². The van der Waals surface area contributed by atoms with Crippen LogP contribution >= 0.6 is 0 Å². The number of carbonyl (C=O) groups is 1. The van der Waals surface area contributed by atoms with Gasteiger partial charge in [-0.25, -0.2) is 8.42 Å². The fourth-order valence-corrected chi connectivity index (χ4v) is 5.15. The summed E-state index contributed by atoms with van der Waals surface area (Å²) in [5.74, 6) is 0.948. The van der Waals surface area contributed by atoms with Crippen molar-refractivity contribution < 1.29 is 41.3 Å². The van der Waals surface area contributed by atoms with E-state index in [2.05, 4.69) is 15.5 Å². The number of nitrogens with one attached hydrogen (secondary N) is 1. The molecule has 0 aliphatic carbocycles. The molecule has 0 aliphatic rings. The highest BCUT2D eigenvalue weighted by atomic mass is 32.2. The molecule has 1 heterocycles. The lowest BCUT2D eigenvalue weighted by Crippen LogP contribution is -2.36. The number of benzene rings is 2. The Morgan fingerprint density at radius 2 is 1.44 bits per heavy atom. The maximum Gasteiger partial charge on any atom is 0.322 e. The van der Waals surface area contributed by atoms with Crippen molar-refractivity contribution in [3.8, 4) is 28.7 Å². The minimum Gasteiger partial charge on any atom is -0.490 e. The maximum atomic E-state index is 13.1. The predicted octanol–water partition coefficient (Wildman–Crippen LogP) is 3.47. The van der Waals surface area contributed by atoms with Crippen LogP contribution in [0.5, 0.6) is 17.2 Å². The summed E-state index contributed by atoms with van der Waals surface area (Å²) in [6.07, 6.45) is 0. The van der Waals surface area contributed by atoms with Crippen molar-refractivity contribution in [2.75, 3.05) is 65.7 Å². The molecule has 0 fully saturated rings. The van der Waals surface area contributed by atoms with E-state index >= 15 is 0 Å². The van der Waals surface area contributed by atoms with Crippen LogP contribution in [0.1, 0.15) is 31.1 Å². The number of rotatable bonds is 17. The van der Waals surface area contributed by atoms with Crippen LogP contribution in [-0.4, -0.2) is 89.2 Å². The highest BCUT2D eigenvalue weighted by molar-refractivity contribution is 7.89. The Kier molecular flexibility index (Phi) is 11.9. The van der Waals surface area contributed by atoms with Crippen LogP contribution in [-0.2, 0) is 19.5 Å². The average Bonchev–Trinajstić information content (AvgIpc) is 3.43. The number of carbonyl (C=O) groups excluding carboxylic acids is 1. The molecule has 0 aliphatic heterocycles. The number of sulfonamides is 1. The van der Waals surface area contributed by atoms with E-state index in [0.29, 0.717) is 42.6 Å². The van der Waals surface area contributed by atoms with Crippen molar-refractivity contribution in [3.05, 3.63) is 42.0 Å². The summed E-state index contributed by atoms with van der Waals surface area (Å²) in [6.45, 7) is 7.57. The predicted molar refractivity (Wildman–Crippen MR) is 150 cm³/mol. The molecular formula is C27H36N4O9S. The van der Waals surface area contributed by atoms with E-state index in [1.165, 1.54) is 42.8 Å². The molecule has 3 aromatic rings. The Morgan fingerprint density at radius 1 is 0.878 bits per heavy atom. The second-order valence-corrected chi connectivity index (χ2v) is 10.3. The first-order chi connectivity index (χ1) is 19.8. The lowest BCUT2D eigenvalue weighted by Gasteiger charge is -2.21. The molecule has 0 spiro atoms. The highest BCUT2D eigenvalue weighted by Crippen LogP contribution is 2.41. The Labute approximate surface area is 239 Å². The van der Waals surface area contributed by atoms with Gasteiger partial charge in [-0.3, -0.25) is 10.1 Å². The summed E-state index contributed by atoms with van der Waals surface area (Å²) in [5, 5.41) is 10.5. The molecular weight excluding hydrogens is 556 g/mol. The fourth-order valence-electron chi connectivity index (χ4n) is 3.74. The zero-order valence-electron chi connectivity index (χ0n) is 23.8. The monoisotopic (exact) mass is 592 g/mol. The highest BCUT2D eigenvalue weighted by Gasteiger charge is 2.25. The summed E-state index contributed by atoms with van der Waals surface area (Å²) in [4.78, 5) is 12.9. The topological polar surface area (TPSA) is 152 Å². The lowest BCUT2D eigenvalue weighted by atomic mass is 10.2. The molecule has 0 saturated heterocycles. The van der Waals surface area contributed by atoms with Gasteiger partial charge in [-0.15, -0.1) is 5.10 Å². The van der Waals surface area contributed by atoms with Gasteiger partial charge in [0.2, 0.25) is 21.7 Å². The quantitative estimate of drug-likeness (QED) is 0.245. The van der Waals surface area contributed by atoms with Gasteiger partial charge in [0.15, 0.2) is 11.5 Å². The van der Waals surface area contributed by atoms with E-state index in [-0.39, 0.29) is 48.7 Å². The molecule has 0 bridgehead atoms. The van der Waals surface area contributed by atoms with E-state index in [1.54, 1.807) is 12.1 Å². The zero-order chi connectivity index (χ0) is 29.8. The van der Waals surface area contributed by atoms with Crippen LogP contribution in [0.15, 0.2) is 45.7 Å². The number of hydrogen-bond acceptors (Lipinski definition) is 11. The van der Waals surface area contributed by atoms with Crippen LogP contribution in [0.3, 0.4) is 0 Å². The van der Waals surface area contributed by atoms with Gasteiger partial charge in [0.05, 0.1) is 37.9 Å². The molecule has 0 atom stereocenters. The third-order valence-electron chi connectivity index (χ3n) is 5.65. The van der Waals surface area contributed by atoms with Gasteiger partial charge in [0.25, 0.3) is 5.91 Å². The maximum absolute atomic E-state index is 13.1. The van der Waals surface area contributed by atoms with E-state index < -0.39 is 15.9 Å². The van der Waals surface area contributed by atoms with Gasteiger partial charge in [0.1, 0.15) is 0 Å². The van der Waals surface area contributed by atoms with Crippen LogP contribution < -0.4 is 19.5 Å².